The zero-order valence-corrected chi connectivity index (χ0v) is 6.64. The van der Waals surface area contributed by atoms with Gasteiger partial charge in [0.25, 0.3) is 0 Å². The molecule has 0 spiro atoms. The molecule has 0 aliphatic heterocycles. The number of rotatable bonds is 3. The molecule has 0 aromatic carbocycles. The van der Waals surface area contributed by atoms with E-state index in [4.69, 9.17) is 10.2 Å². The van der Waals surface area contributed by atoms with Crippen LogP contribution in [0, 0.1) is 0 Å². The summed E-state index contributed by atoms with van der Waals surface area (Å²) < 4.78 is 34.1. The van der Waals surface area contributed by atoms with Crippen molar-refractivity contribution in [1.82, 2.24) is 0 Å². The molecule has 0 amide bonds. The Morgan fingerprint density at radius 1 is 1.30 bits per heavy atom. The number of hydrogen-bond donors (Lipinski definition) is 2. The summed E-state index contributed by atoms with van der Waals surface area (Å²) in [5, 5.41) is 16.4. The van der Waals surface area contributed by atoms with Gasteiger partial charge in [-0.25, -0.2) is 0 Å². The van der Waals surface area contributed by atoms with E-state index < -0.39 is 28.0 Å². The molecule has 0 heterocycles. The van der Waals surface area contributed by atoms with Crippen LogP contribution in [0.4, 0.5) is 13.2 Å². The first-order valence-electron chi connectivity index (χ1n) is 2.85. The Kier molecular flexibility index (Phi) is 3.91. The van der Waals surface area contributed by atoms with Gasteiger partial charge < -0.3 is 10.2 Å². The number of aliphatic hydroxyl groups excluding tert-OH is 1. The minimum atomic E-state index is -4.15. The van der Waals surface area contributed by atoms with Crippen LogP contribution in [-0.2, 0) is 0 Å². The van der Waals surface area contributed by atoms with Gasteiger partial charge in [-0.15, -0.1) is 0 Å². The summed E-state index contributed by atoms with van der Waals surface area (Å²) in [6.07, 6.45) is -5.04. The first-order valence-corrected chi connectivity index (χ1v) is 4.66. The quantitative estimate of drug-likeness (QED) is 0.459. The molecule has 0 unspecified atom stereocenters. The lowest BCUT2D eigenvalue weighted by molar-refractivity contribution is -0.130. The van der Waals surface area contributed by atoms with Gasteiger partial charge in [0.2, 0.25) is 0 Å². The summed E-state index contributed by atoms with van der Waals surface area (Å²) in [4.78, 5) is 0. The van der Waals surface area contributed by atoms with Crippen molar-refractivity contribution in [1.29, 1.82) is 0 Å². The van der Waals surface area contributed by atoms with Gasteiger partial charge in [-0.1, -0.05) is 0 Å². The summed E-state index contributed by atoms with van der Waals surface area (Å²) in [7, 11) is -1.34. The highest BCUT2D eigenvalue weighted by Gasteiger charge is 2.26. The molecule has 10 heavy (non-hydrogen) atoms. The van der Waals surface area contributed by atoms with Crippen LogP contribution in [-0.4, -0.2) is 31.8 Å². The number of halogens is 3. The lowest BCUT2D eigenvalue weighted by Crippen LogP contribution is -2.17. The summed E-state index contributed by atoms with van der Waals surface area (Å²) in [6, 6.07) is -0.0961. The third-order valence-corrected chi connectivity index (χ3v) is 2.20. The Hall–Kier alpha value is -0.0731. The van der Waals surface area contributed by atoms with Crippen LogP contribution >= 0.6 is 0 Å². The maximum Gasteiger partial charge on any atom is 0.388 e. The molecule has 0 fully saturated rings. The molecule has 0 aliphatic carbocycles. The summed E-state index contributed by atoms with van der Waals surface area (Å²) in [6.45, 7) is 0. The van der Waals surface area contributed by atoms with E-state index in [1.165, 1.54) is 0 Å². The van der Waals surface area contributed by atoms with E-state index in [9.17, 15) is 13.2 Å². The molecule has 0 atom stereocenters. The Bertz CT molecular complexity index is 93.0. The van der Waals surface area contributed by atoms with E-state index in [0.29, 0.717) is 0 Å². The lowest BCUT2D eigenvalue weighted by Gasteiger charge is -2.05. The molecular formula is C4H9F3O2Si. The molecule has 0 aromatic heterocycles. The Morgan fingerprint density at radius 3 is 2.10 bits per heavy atom. The second-order valence-electron chi connectivity index (χ2n) is 1.99. The van der Waals surface area contributed by atoms with Crippen molar-refractivity contribution < 1.29 is 23.4 Å². The maximum absolute atomic E-state index is 11.4. The topological polar surface area (TPSA) is 40.5 Å². The SMILES string of the molecule is OC(O)[SiH2]CCC(F)(F)F. The van der Waals surface area contributed by atoms with Crippen molar-refractivity contribution in [2.75, 3.05) is 0 Å². The maximum atomic E-state index is 11.4. The van der Waals surface area contributed by atoms with Crippen LogP contribution in [0.1, 0.15) is 6.42 Å². The Morgan fingerprint density at radius 2 is 1.80 bits per heavy atom. The predicted molar refractivity (Wildman–Crippen MR) is 32.2 cm³/mol. The van der Waals surface area contributed by atoms with E-state index in [2.05, 4.69) is 0 Å². The molecule has 0 aromatic rings. The van der Waals surface area contributed by atoms with Crippen LogP contribution in [0.2, 0.25) is 6.04 Å². The monoisotopic (exact) mass is 174 g/mol. The first-order chi connectivity index (χ1) is 4.42. The standard InChI is InChI=1S/C4H9F3O2Si/c5-4(6,7)1-2-10-3(8)9/h3,8-9H,1-2,10H2. The van der Waals surface area contributed by atoms with E-state index in [0.717, 1.165) is 0 Å². The Labute approximate surface area is 58.5 Å². The highest BCUT2D eigenvalue weighted by Crippen LogP contribution is 2.21. The second-order valence-corrected chi connectivity index (χ2v) is 4.00. The van der Waals surface area contributed by atoms with Crippen LogP contribution in [0.25, 0.3) is 0 Å². The molecule has 0 bridgehead atoms. The van der Waals surface area contributed by atoms with Crippen LogP contribution < -0.4 is 0 Å². The highest BCUT2D eigenvalue weighted by atomic mass is 28.2. The van der Waals surface area contributed by atoms with E-state index >= 15 is 0 Å². The lowest BCUT2D eigenvalue weighted by atomic mass is 10.5. The van der Waals surface area contributed by atoms with Crippen molar-refractivity contribution in [3.63, 3.8) is 0 Å². The fourth-order valence-corrected chi connectivity index (χ4v) is 1.46. The van der Waals surface area contributed by atoms with Gasteiger partial charge in [-0.2, -0.15) is 13.2 Å². The number of aliphatic hydroxyl groups is 2. The second kappa shape index (κ2) is 3.94. The van der Waals surface area contributed by atoms with Crippen LogP contribution in [0.3, 0.4) is 0 Å². The molecule has 0 saturated heterocycles. The average Bonchev–Trinajstić information content (AvgIpc) is 1.59. The molecule has 0 radical (unpaired) electrons. The smallest absolute Gasteiger partial charge is 0.373 e. The van der Waals surface area contributed by atoms with Crippen molar-refractivity contribution in [2.45, 2.75) is 24.6 Å². The molecule has 0 saturated carbocycles. The van der Waals surface area contributed by atoms with Gasteiger partial charge in [-0.05, 0) is 6.04 Å². The van der Waals surface area contributed by atoms with Crippen molar-refractivity contribution >= 4 is 9.52 Å². The third-order valence-electron chi connectivity index (χ3n) is 0.923. The van der Waals surface area contributed by atoms with Gasteiger partial charge in [-0.3, -0.25) is 0 Å². The molecule has 62 valence electrons. The fourth-order valence-electron chi connectivity index (χ4n) is 0.485. The highest BCUT2D eigenvalue weighted by molar-refractivity contribution is 6.36. The van der Waals surface area contributed by atoms with Crippen LogP contribution in [0.15, 0.2) is 0 Å². The molecule has 6 heteroatoms. The van der Waals surface area contributed by atoms with Gasteiger partial charge in [0.15, 0.2) is 0 Å². The van der Waals surface area contributed by atoms with Gasteiger partial charge in [0.05, 0.1) is 9.52 Å². The van der Waals surface area contributed by atoms with Gasteiger partial charge in [0.1, 0.15) is 5.91 Å². The molecule has 2 N–H and O–H groups in total. The van der Waals surface area contributed by atoms with Crippen molar-refractivity contribution in [3.8, 4) is 0 Å². The predicted octanol–water partition coefficient (Wildman–Crippen LogP) is -0.206. The van der Waals surface area contributed by atoms with E-state index in [1.807, 2.05) is 0 Å². The molecule has 0 aliphatic rings. The minimum Gasteiger partial charge on any atom is -0.373 e. The average molecular weight is 174 g/mol. The largest absolute Gasteiger partial charge is 0.388 e. The normalized spacial score (nSPS) is 13.8. The number of hydrogen-bond acceptors (Lipinski definition) is 2. The van der Waals surface area contributed by atoms with Crippen LogP contribution in [0.5, 0.6) is 0 Å². The van der Waals surface area contributed by atoms with Crippen molar-refractivity contribution in [2.24, 2.45) is 0 Å². The van der Waals surface area contributed by atoms with E-state index in [1.54, 1.807) is 0 Å². The van der Waals surface area contributed by atoms with E-state index in [-0.39, 0.29) is 6.04 Å². The van der Waals surface area contributed by atoms with Gasteiger partial charge >= 0.3 is 6.18 Å². The molecule has 0 rings (SSSR count). The zero-order chi connectivity index (χ0) is 8.20. The summed E-state index contributed by atoms with van der Waals surface area (Å²) >= 11 is 0. The number of alkyl halides is 3. The first kappa shape index (κ1) is 9.93. The molecule has 2 nitrogen and oxygen atoms in total. The third kappa shape index (κ3) is 7.93. The fraction of sp³-hybridized carbons (Fsp3) is 1.00. The summed E-state index contributed by atoms with van der Waals surface area (Å²) in [5.74, 6) is -1.48. The van der Waals surface area contributed by atoms with Crippen molar-refractivity contribution in [3.05, 3.63) is 0 Å². The molecular weight excluding hydrogens is 165 g/mol. The van der Waals surface area contributed by atoms with Gasteiger partial charge in [0, 0.05) is 6.42 Å². The summed E-state index contributed by atoms with van der Waals surface area (Å²) in [5.41, 5.74) is 0. The Balaban J connectivity index is 3.21. The zero-order valence-electron chi connectivity index (χ0n) is 5.23. The minimum absolute atomic E-state index is 0.0961.